The first-order chi connectivity index (χ1) is 11.8. The van der Waals surface area contributed by atoms with Gasteiger partial charge >= 0.3 is 0 Å². The van der Waals surface area contributed by atoms with Crippen molar-refractivity contribution in [2.24, 2.45) is 5.92 Å². The molecule has 1 aromatic heterocycles. The molecule has 1 unspecified atom stereocenters. The average Bonchev–Trinajstić information content (AvgIpc) is 3.03. The van der Waals surface area contributed by atoms with Crippen LogP contribution in [-0.2, 0) is 14.8 Å². The van der Waals surface area contributed by atoms with E-state index in [-0.39, 0.29) is 18.4 Å². The van der Waals surface area contributed by atoms with Crippen LogP contribution in [0, 0.1) is 5.92 Å². The molecule has 0 spiro atoms. The van der Waals surface area contributed by atoms with E-state index in [4.69, 9.17) is 11.6 Å². The molecule has 1 aliphatic heterocycles. The zero-order chi connectivity index (χ0) is 18.0. The summed E-state index contributed by atoms with van der Waals surface area (Å²) in [4.78, 5) is 16.9. The number of sulfonamides is 1. The highest BCUT2D eigenvalue weighted by Crippen LogP contribution is 2.28. The van der Waals surface area contributed by atoms with Gasteiger partial charge in [-0.25, -0.2) is 17.7 Å². The third kappa shape index (κ3) is 4.58. The van der Waals surface area contributed by atoms with E-state index >= 15 is 0 Å². The van der Waals surface area contributed by atoms with Crippen LogP contribution in [0.2, 0.25) is 5.02 Å². The number of nitrogens with one attached hydrogen (secondary N) is 1. The van der Waals surface area contributed by atoms with Crippen LogP contribution in [0.1, 0.15) is 12.8 Å². The van der Waals surface area contributed by atoms with Crippen LogP contribution >= 0.6 is 22.9 Å². The van der Waals surface area contributed by atoms with Gasteiger partial charge in [-0.2, -0.15) is 0 Å². The Morgan fingerprint density at radius 3 is 2.96 bits per heavy atom. The number of halogens is 1. The van der Waals surface area contributed by atoms with Crippen molar-refractivity contribution in [1.29, 1.82) is 0 Å². The summed E-state index contributed by atoms with van der Waals surface area (Å²) >= 11 is 7.32. The molecule has 1 aromatic carbocycles. The van der Waals surface area contributed by atoms with E-state index in [2.05, 4.69) is 10.3 Å². The maximum Gasteiger partial charge on any atom is 0.230 e. The average molecular weight is 400 g/mol. The van der Waals surface area contributed by atoms with Crippen molar-refractivity contribution in [1.82, 2.24) is 9.29 Å². The van der Waals surface area contributed by atoms with Crippen molar-refractivity contribution in [2.75, 3.05) is 24.7 Å². The summed E-state index contributed by atoms with van der Waals surface area (Å²) in [6.07, 6.45) is 2.52. The molecule has 0 aliphatic carbocycles. The van der Waals surface area contributed by atoms with E-state index in [0.717, 1.165) is 11.3 Å². The highest BCUT2D eigenvalue weighted by molar-refractivity contribution is 7.88. The van der Waals surface area contributed by atoms with Crippen molar-refractivity contribution < 1.29 is 13.2 Å². The van der Waals surface area contributed by atoms with E-state index in [9.17, 15) is 13.2 Å². The Morgan fingerprint density at radius 2 is 2.24 bits per heavy atom. The third-order valence-corrected chi connectivity index (χ3v) is 6.34. The number of rotatable bonds is 4. The van der Waals surface area contributed by atoms with Crippen LogP contribution in [0.5, 0.6) is 0 Å². The van der Waals surface area contributed by atoms with Gasteiger partial charge < -0.3 is 5.32 Å². The predicted molar refractivity (Wildman–Crippen MR) is 100 cm³/mol. The lowest BCUT2D eigenvalue weighted by molar-refractivity contribution is -0.120. The van der Waals surface area contributed by atoms with Gasteiger partial charge in [-0.15, -0.1) is 11.3 Å². The Balaban J connectivity index is 1.67. The van der Waals surface area contributed by atoms with Crippen LogP contribution in [0.15, 0.2) is 29.6 Å². The summed E-state index contributed by atoms with van der Waals surface area (Å²) in [6, 6.07) is 7.35. The van der Waals surface area contributed by atoms with Gasteiger partial charge in [0.1, 0.15) is 0 Å². The number of hydrogen-bond donors (Lipinski definition) is 1. The summed E-state index contributed by atoms with van der Waals surface area (Å²) in [5.41, 5.74) is 1.62. The number of nitrogens with zero attached hydrogens (tertiary/aromatic N) is 2. The van der Waals surface area contributed by atoms with Crippen molar-refractivity contribution in [2.45, 2.75) is 12.8 Å². The van der Waals surface area contributed by atoms with Crippen LogP contribution in [0.25, 0.3) is 11.3 Å². The number of hydrogen-bond acceptors (Lipinski definition) is 5. The van der Waals surface area contributed by atoms with Crippen molar-refractivity contribution in [3.8, 4) is 11.3 Å². The van der Waals surface area contributed by atoms with Crippen molar-refractivity contribution in [3.63, 3.8) is 0 Å². The van der Waals surface area contributed by atoms with E-state index < -0.39 is 10.0 Å². The Hall–Kier alpha value is -1.48. The lowest BCUT2D eigenvalue weighted by Crippen LogP contribution is -2.43. The first-order valence-electron chi connectivity index (χ1n) is 7.80. The first kappa shape index (κ1) is 18.3. The number of amides is 1. The van der Waals surface area contributed by atoms with Gasteiger partial charge in [0.05, 0.1) is 17.9 Å². The standard InChI is InChI=1S/C16H18ClN3O3S2/c1-25(22,23)20-7-3-5-12(9-20)15(21)19-16-18-14(10-24-16)11-4-2-6-13(17)8-11/h2,4,6,8,10,12H,3,5,7,9H2,1H3,(H,18,19,21). The van der Waals surface area contributed by atoms with E-state index in [1.54, 1.807) is 6.07 Å². The van der Waals surface area contributed by atoms with Gasteiger partial charge in [-0.05, 0) is 25.0 Å². The molecule has 0 bridgehead atoms. The first-order valence-corrected chi connectivity index (χ1v) is 10.9. The quantitative estimate of drug-likeness (QED) is 0.856. The molecule has 2 aromatic rings. The minimum Gasteiger partial charge on any atom is -0.302 e. The summed E-state index contributed by atoms with van der Waals surface area (Å²) in [5, 5.41) is 5.78. The minimum absolute atomic E-state index is 0.194. The number of carbonyl (C=O) groups excluding carboxylic acids is 1. The number of anilines is 1. The molecule has 1 aliphatic rings. The number of piperidine rings is 1. The molecule has 3 rings (SSSR count). The second kappa shape index (κ2) is 7.41. The molecule has 1 N–H and O–H groups in total. The van der Waals surface area contributed by atoms with E-state index in [1.807, 2.05) is 23.6 Å². The maximum absolute atomic E-state index is 12.5. The Labute approximate surface area is 155 Å². The fraction of sp³-hybridized carbons (Fsp3) is 0.375. The van der Waals surface area contributed by atoms with Gasteiger partial charge in [0.25, 0.3) is 0 Å². The maximum atomic E-state index is 12.5. The van der Waals surface area contributed by atoms with Crippen LogP contribution in [-0.4, -0.2) is 43.0 Å². The molecule has 25 heavy (non-hydrogen) atoms. The van der Waals surface area contributed by atoms with E-state index in [1.165, 1.54) is 21.9 Å². The molecule has 1 atom stereocenters. The minimum atomic E-state index is -3.27. The second-order valence-corrected chi connectivity index (χ2v) is 9.27. The zero-order valence-corrected chi connectivity index (χ0v) is 16.0. The molecule has 1 saturated heterocycles. The van der Waals surface area contributed by atoms with Crippen LogP contribution in [0.3, 0.4) is 0 Å². The lowest BCUT2D eigenvalue weighted by atomic mass is 9.99. The molecule has 6 nitrogen and oxygen atoms in total. The molecule has 0 saturated carbocycles. The smallest absolute Gasteiger partial charge is 0.230 e. The second-order valence-electron chi connectivity index (χ2n) is 6.00. The van der Waals surface area contributed by atoms with E-state index in [0.29, 0.717) is 29.5 Å². The summed E-state index contributed by atoms with van der Waals surface area (Å²) in [6.45, 7) is 0.690. The molecule has 1 amide bonds. The Kier molecular flexibility index (Phi) is 5.43. The van der Waals surface area contributed by atoms with Crippen molar-refractivity contribution in [3.05, 3.63) is 34.7 Å². The predicted octanol–water partition coefficient (Wildman–Crippen LogP) is 3.07. The monoisotopic (exact) mass is 399 g/mol. The molecule has 1 fully saturated rings. The highest BCUT2D eigenvalue weighted by Gasteiger charge is 2.30. The fourth-order valence-corrected chi connectivity index (χ4v) is 4.60. The van der Waals surface area contributed by atoms with Crippen LogP contribution < -0.4 is 5.32 Å². The van der Waals surface area contributed by atoms with Gasteiger partial charge in [-0.3, -0.25) is 4.79 Å². The third-order valence-electron chi connectivity index (χ3n) is 4.08. The topological polar surface area (TPSA) is 79.4 Å². The number of carbonyl (C=O) groups is 1. The molecule has 0 radical (unpaired) electrons. The highest BCUT2D eigenvalue weighted by atomic mass is 35.5. The molecule has 2 heterocycles. The lowest BCUT2D eigenvalue weighted by Gasteiger charge is -2.29. The summed E-state index contributed by atoms with van der Waals surface area (Å²) < 4.78 is 24.7. The van der Waals surface area contributed by atoms with Gasteiger partial charge in [0.15, 0.2) is 5.13 Å². The zero-order valence-electron chi connectivity index (χ0n) is 13.6. The normalized spacial score (nSPS) is 18.9. The fourth-order valence-electron chi connectivity index (χ4n) is 2.78. The number of benzene rings is 1. The van der Waals surface area contributed by atoms with Crippen LogP contribution in [0.4, 0.5) is 5.13 Å². The number of thiazole rings is 1. The largest absolute Gasteiger partial charge is 0.302 e. The SMILES string of the molecule is CS(=O)(=O)N1CCCC(C(=O)Nc2nc(-c3cccc(Cl)c3)cs2)C1. The number of aromatic nitrogens is 1. The molecular weight excluding hydrogens is 382 g/mol. The van der Waals surface area contributed by atoms with Gasteiger partial charge in [0.2, 0.25) is 15.9 Å². The Bertz CT molecular complexity index is 882. The summed E-state index contributed by atoms with van der Waals surface area (Å²) in [5.74, 6) is -0.553. The molecule has 9 heteroatoms. The van der Waals surface area contributed by atoms with Crippen molar-refractivity contribution >= 4 is 44.0 Å². The summed E-state index contributed by atoms with van der Waals surface area (Å²) in [7, 11) is -3.27. The van der Waals surface area contributed by atoms with Gasteiger partial charge in [-0.1, -0.05) is 23.7 Å². The molecular formula is C16H18ClN3O3S2. The van der Waals surface area contributed by atoms with Gasteiger partial charge in [0, 0.05) is 29.1 Å². The molecule has 134 valence electrons. The Morgan fingerprint density at radius 1 is 1.44 bits per heavy atom.